The van der Waals surface area contributed by atoms with Crippen molar-refractivity contribution in [2.24, 2.45) is 0 Å². The maximum atomic E-state index is 3.43. The molecular weight excluding hydrogens is 236 g/mol. The van der Waals surface area contributed by atoms with Crippen LogP contribution in [0.3, 0.4) is 0 Å². The zero-order valence-electron chi connectivity index (χ0n) is 12.7. The Morgan fingerprint density at radius 1 is 1.32 bits per heavy atom. The van der Waals surface area contributed by atoms with Crippen LogP contribution in [0.1, 0.15) is 32.0 Å². The van der Waals surface area contributed by atoms with Gasteiger partial charge in [-0.3, -0.25) is 4.90 Å². The fourth-order valence-corrected chi connectivity index (χ4v) is 2.99. The Balaban J connectivity index is 2.07. The van der Waals surface area contributed by atoms with Crippen LogP contribution in [0, 0.1) is 0 Å². The number of piperazine rings is 1. The standard InChI is InChI=1S/C15H28N4/c1-15(2,19-10-8-16-9-11-19)12-14(18(3)4)13-6-5-7-17-13/h5-7,14,16-17H,8-12H2,1-4H3. The van der Waals surface area contributed by atoms with Gasteiger partial charge in [0, 0.05) is 43.6 Å². The average Bonchev–Trinajstić information content (AvgIpc) is 2.90. The molecule has 1 fully saturated rings. The Hall–Kier alpha value is -0.840. The maximum absolute atomic E-state index is 3.43. The summed E-state index contributed by atoms with van der Waals surface area (Å²) in [5.74, 6) is 0. The van der Waals surface area contributed by atoms with Gasteiger partial charge in [0.25, 0.3) is 0 Å². The Morgan fingerprint density at radius 2 is 2.00 bits per heavy atom. The zero-order valence-corrected chi connectivity index (χ0v) is 12.7. The molecule has 1 atom stereocenters. The first kappa shape index (κ1) is 14.6. The van der Waals surface area contributed by atoms with Crippen molar-refractivity contribution >= 4 is 0 Å². The SMILES string of the molecule is CN(C)C(CC(C)(C)N1CCNCC1)c1ccc[nH]1. The van der Waals surface area contributed by atoms with Crippen LogP contribution in [-0.2, 0) is 0 Å². The van der Waals surface area contributed by atoms with Gasteiger partial charge in [-0.1, -0.05) is 0 Å². The van der Waals surface area contributed by atoms with E-state index in [4.69, 9.17) is 0 Å². The van der Waals surface area contributed by atoms with Crippen molar-refractivity contribution in [3.8, 4) is 0 Å². The number of rotatable bonds is 5. The molecule has 0 aliphatic carbocycles. The van der Waals surface area contributed by atoms with Crippen molar-refractivity contribution in [3.63, 3.8) is 0 Å². The molecule has 1 saturated heterocycles. The van der Waals surface area contributed by atoms with Gasteiger partial charge in [-0.25, -0.2) is 0 Å². The van der Waals surface area contributed by atoms with E-state index in [9.17, 15) is 0 Å². The van der Waals surface area contributed by atoms with Crippen LogP contribution in [-0.4, -0.2) is 60.6 Å². The van der Waals surface area contributed by atoms with E-state index in [2.05, 4.69) is 60.2 Å². The second kappa shape index (κ2) is 6.07. The topological polar surface area (TPSA) is 34.3 Å². The maximum Gasteiger partial charge on any atom is 0.0510 e. The van der Waals surface area contributed by atoms with Gasteiger partial charge in [-0.05, 0) is 46.5 Å². The minimum absolute atomic E-state index is 0.224. The molecule has 0 aromatic carbocycles. The molecule has 1 aromatic rings. The molecule has 0 amide bonds. The van der Waals surface area contributed by atoms with Gasteiger partial charge in [0.15, 0.2) is 0 Å². The van der Waals surface area contributed by atoms with Crippen molar-refractivity contribution < 1.29 is 0 Å². The van der Waals surface area contributed by atoms with Crippen molar-refractivity contribution in [2.45, 2.75) is 31.8 Å². The zero-order chi connectivity index (χ0) is 13.9. The van der Waals surface area contributed by atoms with E-state index in [0.717, 1.165) is 32.6 Å². The summed E-state index contributed by atoms with van der Waals surface area (Å²) in [7, 11) is 4.33. The highest BCUT2D eigenvalue weighted by atomic mass is 15.2. The van der Waals surface area contributed by atoms with Gasteiger partial charge in [-0.2, -0.15) is 0 Å². The number of aromatic nitrogens is 1. The number of hydrogen-bond donors (Lipinski definition) is 2. The third kappa shape index (κ3) is 3.59. The molecule has 0 bridgehead atoms. The van der Waals surface area contributed by atoms with Crippen LogP contribution in [0.25, 0.3) is 0 Å². The summed E-state index contributed by atoms with van der Waals surface area (Å²) in [6.07, 6.45) is 3.16. The lowest BCUT2D eigenvalue weighted by atomic mass is 9.90. The molecule has 1 aromatic heterocycles. The van der Waals surface area contributed by atoms with Gasteiger partial charge in [0.05, 0.1) is 6.04 Å². The Bertz CT molecular complexity index is 364. The predicted octanol–water partition coefficient (Wildman–Crippen LogP) is 1.69. The predicted molar refractivity (Wildman–Crippen MR) is 80.4 cm³/mol. The Morgan fingerprint density at radius 3 is 2.53 bits per heavy atom. The highest BCUT2D eigenvalue weighted by Gasteiger charge is 2.32. The molecule has 4 heteroatoms. The fraction of sp³-hybridized carbons (Fsp3) is 0.733. The minimum Gasteiger partial charge on any atom is -0.364 e. The lowest BCUT2D eigenvalue weighted by Gasteiger charge is -2.44. The first-order valence-electron chi connectivity index (χ1n) is 7.26. The van der Waals surface area contributed by atoms with Gasteiger partial charge in [0.1, 0.15) is 0 Å². The molecule has 108 valence electrons. The summed E-state index contributed by atoms with van der Waals surface area (Å²) >= 11 is 0. The number of nitrogens with zero attached hydrogens (tertiary/aromatic N) is 2. The van der Waals surface area contributed by atoms with Gasteiger partial charge >= 0.3 is 0 Å². The van der Waals surface area contributed by atoms with Crippen LogP contribution in [0.5, 0.6) is 0 Å². The molecule has 2 N–H and O–H groups in total. The summed E-state index contributed by atoms with van der Waals surface area (Å²) in [6.45, 7) is 9.27. The normalized spacial score (nSPS) is 19.8. The third-order valence-corrected chi connectivity index (χ3v) is 4.27. The minimum atomic E-state index is 0.224. The highest BCUT2D eigenvalue weighted by Crippen LogP contribution is 2.30. The lowest BCUT2D eigenvalue weighted by Crippen LogP contribution is -2.54. The molecule has 0 saturated carbocycles. The molecule has 0 spiro atoms. The van der Waals surface area contributed by atoms with Gasteiger partial charge in [-0.15, -0.1) is 0 Å². The molecule has 4 nitrogen and oxygen atoms in total. The van der Waals surface area contributed by atoms with E-state index >= 15 is 0 Å². The molecular formula is C15H28N4. The van der Waals surface area contributed by atoms with E-state index in [1.165, 1.54) is 5.69 Å². The highest BCUT2D eigenvalue weighted by molar-refractivity contribution is 5.10. The van der Waals surface area contributed by atoms with Crippen LogP contribution in [0.2, 0.25) is 0 Å². The second-order valence-electron chi connectivity index (χ2n) is 6.36. The Labute approximate surface area is 117 Å². The third-order valence-electron chi connectivity index (χ3n) is 4.27. The summed E-state index contributed by atoms with van der Waals surface area (Å²) in [5, 5.41) is 3.43. The molecule has 1 aliphatic heterocycles. The second-order valence-corrected chi connectivity index (χ2v) is 6.36. The van der Waals surface area contributed by atoms with E-state index in [-0.39, 0.29) is 5.54 Å². The van der Waals surface area contributed by atoms with Crippen molar-refractivity contribution in [3.05, 3.63) is 24.0 Å². The van der Waals surface area contributed by atoms with Crippen LogP contribution >= 0.6 is 0 Å². The quantitative estimate of drug-likeness (QED) is 0.849. The molecule has 2 rings (SSSR count). The lowest BCUT2D eigenvalue weighted by molar-refractivity contribution is 0.0693. The monoisotopic (exact) mass is 264 g/mol. The molecule has 1 unspecified atom stereocenters. The summed E-state index contributed by atoms with van der Waals surface area (Å²) < 4.78 is 0. The molecule has 2 heterocycles. The fourth-order valence-electron chi connectivity index (χ4n) is 2.99. The van der Waals surface area contributed by atoms with Crippen molar-refractivity contribution in [1.29, 1.82) is 0 Å². The largest absolute Gasteiger partial charge is 0.364 e. The van der Waals surface area contributed by atoms with E-state index in [1.807, 2.05) is 6.20 Å². The summed E-state index contributed by atoms with van der Waals surface area (Å²) in [4.78, 5) is 8.30. The first-order valence-corrected chi connectivity index (χ1v) is 7.26. The van der Waals surface area contributed by atoms with Gasteiger partial charge in [0.2, 0.25) is 0 Å². The van der Waals surface area contributed by atoms with Crippen molar-refractivity contribution in [1.82, 2.24) is 20.1 Å². The van der Waals surface area contributed by atoms with Crippen LogP contribution in [0.4, 0.5) is 0 Å². The number of H-pyrrole nitrogens is 1. The smallest absolute Gasteiger partial charge is 0.0510 e. The average molecular weight is 264 g/mol. The Kier molecular flexibility index (Phi) is 4.66. The number of aromatic amines is 1. The van der Waals surface area contributed by atoms with E-state index in [0.29, 0.717) is 6.04 Å². The van der Waals surface area contributed by atoms with Gasteiger partial charge < -0.3 is 15.2 Å². The van der Waals surface area contributed by atoms with Crippen LogP contribution in [0.15, 0.2) is 18.3 Å². The molecule has 19 heavy (non-hydrogen) atoms. The number of hydrogen-bond acceptors (Lipinski definition) is 3. The molecule has 0 radical (unpaired) electrons. The van der Waals surface area contributed by atoms with E-state index < -0.39 is 0 Å². The van der Waals surface area contributed by atoms with Crippen LogP contribution < -0.4 is 5.32 Å². The van der Waals surface area contributed by atoms with Crippen molar-refractivity contribution in [2.75, 3.05) is 40.3 Å². The molecule has 1 aliphatic rings. The first-order chi connectivity index (χ1) is 9.00. The summed E-state index contributed by atoms with van der Waals surface area (Å²) in [5.41, 5.74) is 1.54. The number of nitrogens with one attached hydrogen (secondary N) is 2. The van der Waals surface area contributed by atoms with E-state index in [1.54, 1.807) is 0 Å². The summed E-state index contributed by atoms with van der Waals surface area (Å²) in [6, 6.07) is 4.72.